The number of hydrogen-bond acceptors (Lipinski definition) is 1. The Kier molecular flexibility index (Phi) is 3.29. The molecule has 2 nitrogen and oxygen atoms in total. The predicted octanol–water partition coefficient (Wildman–Crippen LogP) is 5.08. The van der Waals surface area contributed by atoms with Gasteiger partial charge in [-0.25, -0.2) is 0 Å². The summed E-state index contributed by atoms with van der Waals surface area (Å²) < 4.78 is 0. The summed E-state index contributed by atoms with van der Waals surface area (Å²) in [4.78, 5) is 12.7. The monoisotopic (exact) mass is 337 g/mol. The van der Waals surface area contributed by atoms with Crippen molar-refractivity contribution in [2.45, 2.75) is 51.0 Å². The standard InChI is InChI=1S/C18H21Cl2NO/c1-17-6-11-4-12(7-17)9-18(8-11,10-17)21-16(22)14-3-2-13(19)5-15(14)20/h2-3,5,11-12H,4,6-10H2,1H3,(H,21,22)/t11-,12+,17?,18?. The van der Waals surface area contributed by atoms with Crippen molar-refractivity contribution in [1.82, 2.24) is 5.32 Å². The highest BCUT2D eigenvalue weighted by Gasteiger charge is 2.56. The van der Waals surface area contributed by atoms with Crippen molar-refractivity contribution in [1.29, 1.82) is 0 Å². The molecule has 1 N–H and O–H groups in total. The van der Waals surface area contributed by atoms with E-state index in [4.69, 9.17) is 23.2 Å². The Hall–Kier alpha value is -0.730. The molecule has 1 aromatic carbocycles. The second-order valence-corrected chi connectivity index (χ2v) is 8.97. The summed E-state index contributed by atoms with van der Waals surface area (Å²) in [6, 6.07) is 5.09. The first-order valence-electron chi connectivity index (χ1n) is 8.14. The van der Waals surface area contributed by atoms with Crippen LogP contribution in [-0.2, 0) is 0 Å². The number of rotatable bonds is 2. The van der Waals surface area contributed by atoms with Crippen molar-refractivity contribution in [2.24, 2.45) is 17.3 Å². The van der Waals surface area contributed by atoms with E-state index in [-0.39, 0.29) is 11.4 Å². The molecule has 1 aromatic rings. The van der Waals surface area contributed by atoms with Gasteiger partial charge in [-0.15, -0.1) is 0 Å². The molecule has 0 aliphatic heterocycles. The fourth-order valence-electron chi connectivity index (χ4n) is 5.85. The lowest BCUT2D eigenvalue weighted by Gasteiger charge is -2.61. The van der Waals surface area contributed by atoms with E-state index in [0.29, 0.717) is 21.0 Å². The minimum atomic E-state index is -0.0489. The fourth-order valence-corrected chi connectivity index (χ4v) is 6.34. The zero-order chi connectivity index (χ0) is 15.5. The first-order chi connectivity index (χ1) is 10.4. The summed E-state index contributed by atoms with van der Waals surface area (Å²) in [5, 5.41) is 4.35. The van der Waals surface area contributed by atoms with Gasteiger partial charge in [-0.2, -0.15) is 0 Å². The summed E-state index contributed by atoms with van der Waals surface area (Å²) in [7, 11) is 0. The van der Waals surface area contributed by atoms with Crippen LogP contribution in [-0.4, -0.2) is 11.4 Å². The Morgan fingerprint density at radius 3 is 2.45 bits per heavy atom. The molecule has 4 aliphatic carbocycles. The maximum Gasteiger partial charge on any atom is 0.253 e. The number of benzene rings is 1. The fraction of sp³-hybridized carbons (Fsp3) is 0.611. The molecule has 4 fully saturated rings. The zero-order valence-corrected chi connectivity index (χ0v) is 14.3. The molecule has 5 rings (SSSR count). The van der Waals surface area contributed by atoms with Crippen LogP contribution in [0.2, 0.25) is 10.0 Å². The molecule has 2 unspecified atom stereocenters. The molecular formula is C18H21Cl2NO. The molecule has 0 spiro atoms. The topological polar surface area (TPSA) is 29.1 Å². The van der Waals surface area contributed by atoms with Crippen LogP contribution in [0.5, 0.6) is 0 Å². The van der Waals surface area contributed by atoms with Gasteiger partial charge in [-0.05, 0) is 74.0 Å². The summed E-state index contributed by atoms with van der Waals surface area (Å²) in [5.41, 5.74) is 0.937. The maximum absolute atomic E-state index is 12.7. The number of nitrogens with one attached hydrogen (secondary N) is 1. The van der Waals surface area contributed by atoms with Crippen molar-refractivity contribution >= 4 is 29.1 Å². The lowest BCUT2D eigenvalue weighted by Crippen LogP contribution is -2.62. The molecule has 118 valence electrons. The van der Waals surface area contributed by atoms with Crippen LogP contribution < -0.4 is 5.32 Å². The molecule has 0 heterocycles. The van der Waals surface area contributed by atoms with Crippen LogP contribution in [0, 0.1) is 17.3 Å². The van der Waals surface area contributed by atoms with Gasteiger partial charge in [0.05, 0.1) is 10.6 Å². The molecular weight excluding hydrogens is 317 g/mol. The van der Waals surface area contributed by atoms with Crippen LogP contribution in [0.25, 0.3) is 0 Å². The summed E-state index contributed by atoms with van der Waals surface area (Å²) >= 11 is 12.1. The van der Waals surface area contributed by atoms with E-state index >= 15 is 0 Å². The number of halogens is 2. The van der Waals surface area contributed by atoms with Crippen molar-refractivity contribution in [2.75, 3.05) is 0 Å². The van der Waals surface area contributed by atoms with Gasteiger partial charge in [0.25, 0.3) is 5.91 Å². The molecule has 4 atom stereocenters. The highest BCUT2D eigenvalue weighted by Crippen LogP contribution is 2.61. The largest absolute Gasteiger partial charge is 0.347 e. The second kappa shape index (κ2) is 4.88. The van der Waals surface area contributed by atoms with Gasteiger partial charge in [-0.1, -0.05) is 30.1 Å². The second-order valence-electron chi connectivity index (χ2n) is 8.13. The minimum Gasteiger partial charge on any atom is -0.347 e. The first-order valence-corrected chi connectivity index (χ1v) is 8.90. The minimum absolute atomic E-state index is 0.0150. The van der Waals surface area contributed by atoms with Crippen LogP contribution in [0.4, 0.5) is 0 Å². The number of carbonyl (C=O) groups excluding carboxylic acids is 1. The summed E-state index contributed by atoms with van der Waals surface area (Å²) in [6.07, 6.45) is 7.41. The number of amides is 1. The van der Waals surface area contributed by atoms with Gasteiger partial charge in [-0.3, -0.25) is 4.79 Å². The highest BCUT2D eigenvalue weighted by molar-refractivity contribution is 6.36. The molecule has 4 saturated carbocycles. The Morgan fingerprint density at radius 2 is 1.86 bits per heavy atom. The third-order valence-corrected chi connectivity index (χ3v) is 6.46. The highest BCUT2D eigenvalue weighted by atomic mass is 35.5. The predicted molar refractivity (Wildman–Crippen MR) is 89.4 cm³/mol. The van der Waals surface area contributed by atoms with E-state index in [1.807, 2.05) is 0 Å². The van der Waals surface area contributed by atoms with Crippen LogP contribution in [0.1, 0.15) is 55.8 Å². The van der Waals surface area contributed by atoms with E-state index in [1.54, 1.807) is 18.2 Å². The number of hydrogen-bond donors (Lipinski definition) is 1. The van der Waals surface area contributed by atoms with Gasteiger partial charge < -0.3 is 5.32 Å². The van der Waals surface area contributed by atoms with Crippen molar-refractivity contribution < 1.29 is 4.79 Å². The van der Waals surface area contributed by atoms with E-state index in [2.05, 4.69) is 12.2 Å². The Balaban J connectivity index is 1.59. The molecule has 0 aromatic heterocycles. The summed E-state index contributed by atoms with van der Waals surface area (Å²) in [5.74, 6) is 1.52. The van der Waals surface area contributed by atoms with E-state index in [1.165, 1.54) is 19.3 Å². The molecule has 4 heteroatoms. The molecule has 1 amide bonds. The maximum atomic E-state index is 12.7. The Morgan fingerprint density at radius 1 is 1.18 bits per heavy atom. The van der Waals surface area contributed by atoms with E-state index in [9.17, 15) is 4.79 Å². The number of carbonyl (C=O) groups is 1. The van der Waals surface area contributed by atoms with Crippen LogP contribution in [0.3, 0.4) is 0 Å². The van der Waals surface area contributed by atoms with Crippen molar-refractivity contribution in [3.8, 4) is 0 Å². The molecule has 22 heavy (non-hydrogen) atoms. The van der Waals surface area contributed by atoms with Crippen LogP contribution in [0.15, 0.2) is 18.2 Å². The molecule has 4 bridgehead atoms. The lowest BCUT2D eigenvalue weighted by molar-refractivity contribution is -0.0680. The average Bonchev–Trinajstić information content (AvgIpc) is 2.34. The third-order valence-electron chi connectivity index (χ3n) is 5.91. The van der Waals surface area contributed by atoms with Gasteiger partial charge in [0.2, 0.25) is 0 Å². The Labute approximate surface area is 141 Å². The normalized spacial score (nSPS) is 39.0. The quantitative estimate of drug-likeness (QED) is 0.800. The smallest absolute Gasteiger partial charge is 0.253 e. The van der Waals surface area contributed by atoms with Crippen molar-refractivity contribution in [3.05, 3.63) is 33.8 Å². The lowest BCUT2D eigenvalue weighted by atomic mass is 9.47. The van der Waals surface area contributed by atoms with E-state index in [0.717, 1.165) is 31.1 Å². The molecule has 0 radical (unpaired) electrons. The van der Waals surface area contributed by atoms with Crippen LogP contribution >= 0.6 is 23.2 Å². The average molecular weight is 338 g/mol. The SMILES string of the molecule is CC12C[C@H]3C[C@@H](C1)CC(NC(=O)c1ccc(Cl)cc1Cl)(C3)C2. The first kappa shape index (κ1) is 14.8. The van der Waals surface area contributed by atoms with Crippen molar-refractivity contribution in [3.63, 3.8) is 0 Å². The van der Waals surface area contributed by atoms with Gasteiger partial charge >= 0.3 is 0 Å². The van der Waals surface area contributed by atoms with Gasteiger partial charge in [0.15, 0.2) is 0 Å². The molecule has 4 aliphatic rings. The zero-order valence-electron chi connectivity index (χ0n) is 12.8. The Bertz CT molecular complexity index is 628. The van der Waals surface area contributed by atoms with Gasteiger partial charge in [0, 0.05) is 10.6 Å². The molecule has 0 saturated heterocycles. The van der Waals surface area contributed by atoms with E-state index < -0.39 is 0 Å². The third kappa shape index (κ3) is 2.45. The summed E-state index contributed by atoms with van der Waals surface area (Å²) in [6.45, 7) is 2.40. The van der Waals surface area contributed by atoms with Gasteiger partial charge in [0.1, 0.15) is 0 Å².